The first-order valence-electron chi connectivity index (χ1n) is 7.66. The Kier molecular flexibility index (Phi) is 6.02. The van der Waals surface area contributed by atoms with E-state index >= 15 is 0 Å². The fourth-order valence-corrected chi connectivity index (χ4v) is 3.53. The highest BCUT2D eigenvalue weighted by molar-refractivity contribution is 7.89. The maximum atomic E-state index is 11.5. The van der Waals surface area contributed by atoms with E-state index in [2.05, 4.69) is 10.6 Å². The van der Waals surface area contributed by atoms with Crippen LogP contribution in [-0.2, 0) is 10.0 Å². The fraction of sp³-hybridized carbons (Fsp3) is 0.600. The Balaban J connectivity index is 1.81. The van der Waals surface area contributed by atoms with Crippen LogP contribution in [0.5, 0.6) is 0 Å². The number of nitrogens with one attached hydrogen (secondary N) is 2. The van der Waals surface area contributed by atoms with Crippen LogP contribution in [-0.4, -0.2) is 27.5 Å². The molecule has 1 aromatic carbocycles. The topological polar surface area (TPSA) is 84.2 Å². The van der Waals surface area contributed by atoms with Crippen LogP contribution >= 0.6 is 0 Å². The lowest BCUT2D eigenvalue weighted by molar-refractivity contribution is 0.468. The summed E-state index contributed by atoms with van der Waals surface area (Å²) in [5.74, 6) is 0. The molecule has 0 amide bonds. The van der Waals surface area contributed by atoms with Gasteiger partial charge in [0.15, 0.2) is 0 Å². The third kappa shape index (κ3) is 5.30. The Morgan fingerprint density at radius 2 is 1.71 bits per heavy atom. The van der Waals surface area contributed by atoms with Crippen molar-refractivity contribution >= 4 is 15.7 Å². The summed E-state index contributed by atoms with van der Waals surface area (Å²) >= 11 is 0. The van der Waals surface area contributed by atoms with Crippen molar-refractivity contribution in [2.45, 2.75) is 49.5 Å². The van der Waals surface area contributed by atoms with Gasteiger partial charge in [0.05, 0.1) is 5.69 Å². The minimum atomic E-state index is -3.68. The van der Waals surface area contributed by atoms with Crippen LogP contribution in [0.3, 0.4) is 0 Å². The lowest BCUT2D eigenvalue weighted by atomic mass is 10.1. The van der Waals surface area contributed by atoms with Crippen LogP contribution in [0.2, 0.25) is 0 Å². The first-order valence-corrected chi connectivity index (χ1v) is 9.21. The van der Waals surface area contributed by atoms with E-state index in [0.29, 0.717) is 18.3 Å². The molecule has 1 aromatic rings. The van der Waals surface area contributed by atoms with Gasteiger partial charge < -0.3 is 10.6 Å². The highest BCUT2D eigenvalue weighted by atomic mass is 32.2. The molecule has 0 saturated heterocycles. The maximum absolute atomic E-state index is 11.5. The van der Waals surface area contributed by atoms with Gasteiger partial charge in [-0.15, -0.1) is 0 Å². The molecule has 21 heavy (non-hydrogen) atoms. The van der Waals surface area contributed by atoms with Crippen molar-refractivity contribution in [3.8, 4) is 0 Å². The number of sulfonamides is 1. The van der Waals surface area contributed by atoms with Crippen LogP contribution in [0.1, 0.15) is 38.5 Å². The summed E-state index contributed by atoms with van der Waals surface area (Å²) < 4.78 is 23.0. The third-order valence-electron chi connectivity index (χ3n) is 3.92. The average Bonchev–Trinajstić information content (AvgIpc) is 2.72. The summed E-state index contributed by atoms with van der Waals surface area (Å²) in [4.78, 5) is 0.152. The van der Waals surface area contributed by atoms with E-state index in [0.717, 1.165) is 6.54 Å². The van der Waals surface area contributed by atoms with Crippen molar-refractivity contribution in [3.63, 3.8) is 0 Å². The van der Waals surface area contributed by atoms with Crippen molar-refractivity contribution in [1.82, 2.24) is 5.32 Å². The number of anilines is 1. The molecule has 0 heterocycles. The number of rotatable bonds is 6. The molecule has 0 radical (unpaired) electrons. The van der Waals surface area contributed by atoms with Gasteiger partial charge in [-0.1, -0.05) is 37.8 Å². The van der Waals surface area contributed by atoms with Gasteiger partial charge in [-0.25, -0.2) is 13.6 Å². The monoisotopic (exact) mass is 311 g/mol. The summed E-state index contributed by atoms with van der Waals surface area (Å²) in [6.45, 7) is 1.51. The first-order chi connectivity index (χ1) is 10.1. The van der Waals surface area contributed by atoms with Gasteiger partial charge in [0.1, 0.15) is 4.90 Å². The molecule has 0 atom stereocenters. The van der Waals surface area contributed by atoms with Gasteiger partial charge in [-0.2, -0.15) is 0 Å². The molecule has 0 spiro atoms. The highest BCUT2D eigenvalue weighted by Gasteiger charge is 2.13. The number of hydrogen-bond acceptors (Lipinski definition) is 4. The molecule has 1 fully saturated rings. The van der Waals surface area contributed by atoms with Crippen molar-refractivity contribution in [3.05, 3.63) is 24.3 Å². The molecular formula is C15H25N3O2S. The largest absolute Gasteiger partial charge is 0.383 e. The molecule has 4 N–H and O–H groups in total. The highest BCUT2D eigenvalue weighted by Crippen LogP contribution is 2.19. The first kappa shape index (κ1) is 16.3. The molecule has 1 saturated carbocycles. The Hall–Kier alpha value is -1.11. The third-order valence-corrected chi connectivity index (χ3v) is 4.89. The number of nitrogens with two attached hydrogens (primary N) is 1. The molecule has 2 rings (SSSR count). The summed E-state index contributed by atoms with van der Waals surface area (Å²) in [7, 11) is -3.68. The summed E-state index contributed by atoms with van der Waals surface area (Å²) in [5.41, 5.74) is 0.572. The van der Waals surface area contributed by atoms with E-state index < -0.39 is 10.0 Å². The minimum absolute atomic E-state index is 0.152. The molecule has 5 nitrogen and oxygen atoms in total. The minimum Gasteiger partial charge on any atom is -0.383 e. The van der Waals surface area contributed by atoms with Crippen LogP contribution in [0.25, 0.3) is 0 Å². The normalized spacial score (nSPS) is 17.4. The Morgan fingerprint density at radius 1 is 1.05 bits per heavy atom. The Bertz CT molecular complexity index is 538. The van der Waals surface area contributed by atoms with E-state index in [-0.39, 0.29) is 4.90 Å². The van der Waals surface area contributed by atoms with E-state index in [1.165, 1.54) is 44.6 Å². The quantitative estimate of drug-likeness (QED) is 0.554. The Labute approximate surface area is 127 Å². The van der Waals surface area contributed by atoms with Crippen LogP contribution in [0.15, 0.2) is 29.2 Å². The maximum Gasteiger partial charge on any atom is 0.240 e. The van der Waals surface area contributed by atoms with Crippen LogP contribution in [0.4, 0.5) is 5.69 Å². The molecular weight excluding hydrogens is 286 g/mol. The van der Waals surface area contributed by atoms with Gasteiger partial charge in [-0.05, 0) is 25.0 Å². The van der Waals surface area contributed by atoms with Crippen molar-refractivity contribution < 1.29 is 8.42 Å². The summed E-state index contributed by atoms with van der Waals surface area (Å²) in [6, 6.07) is 7.34. The van der Waals surface area contributed by atoms with E-state index in [1.54, 1.807) is 18.2 Å². The second kappa shape index (κ2) is 7.77. The smallest absolute Gasteiger partial charge is 0.240 e. The standard InChI is InChI=1S/C15H25N3O2S/c16-21(19,20)15-10-6-5-9-14(15)18-12-11-17-13-7-3-1-2-4-8-13/h5-6,9-10,13,17-18H,1-4,7-8,11-12H2,(H2,16,19,20). The lowest BCUT2D eigenvalue weighted by Gasteiger charge is -2.17. The summed E-state index contributed by atoms with van der Waals surface area (Å²) in [5, 5.41) is 11.9. The van der Waals surface area contributed by atoms with E-state index in [9.17, 15) is 8.42 Å². The van der Waals surface area contributed by atoms with Gasteiger partial charge >= 0.3 is 0 Å². The van der Waals surface area contributed by atoms with Crippen molar-refractivity contribution in [1.29, 1.82) is 0 Å². The van der Waals surface area contributed by atoms with E-state index in [4.69, 9.17) is 5.14 Å². The molecule has 0 unspecified atom stereocenters. The Morgan fingerprint density at radius 3 is 2.38 bits per heavy atom. The molecule has 1 aliphatic rings. The molecule has 0 aliphatic heterocycles. The molecule has 0 bridgehead atoms. The van der Waals surface area contributed by atoms with Gasteiger partial charge in [0.25, 0.3) is 0 Å². The molecule has 1 aliphatic carbocycles. The zero-order chi connectivity index (χ0) is 15.1. The second-order valence-corrected chi connectivity index (χ2v) is 7.14. The second-order valence-electron chi connectivity index (χ2n) is 5.61. The van der Waals surface area contributed by atoms with Crippen LogP contribution in [0, 0.1) is 0 Å². The molecule has 118 valence electrons. The zero-order valence-electron chi connectivity index (χ0n) is 12.3. The predicted molar refractivity (Wildman–Crippen MR) is 85.8 cm³/mol. The lowest BCUT2D eigenvalue weighted by Crippen LogP contribution is -2.32. The summed E-state index contributed by atoms with van der Waals surface area (Å²) in [6.07, 6.45) is 7.79. The predicted octanol–water partition coefficient (Wildman–Crippen LogP) is 2.06. The number of hydrogen-bond donors (Lipinski definition) is 3. The average molecular weight is 311 g/mol. The van der Waals surface area contributed by atoms with Gasteiger partial charge in [-0.3, -0.25) is 0 Å². The van der Waals surface area contributed by atoms with E-state index in [1.807, 2.05) is 0 Å². The number of benzene rings is 1. The van der Waals surface area contributed by atoms with Crippen LogP contribution < -0.4 is 15.8 Å². The number of primary sulfonamides is 1. The zero-order valence-corrected chi connectivity index (χ0v) is 13.2. The fourth-order valence-electron chi connectivity index (χ4n) is 2.82. The van der Waals surface area contributed by atoms with Crippen molar-refractivity contribution in [2.24, 2.45) is 5.14 Å². The van der Waals surface area contributed by atoms with Gasteiger partial charge in [0.2, 0.25) is 10.0 Å². The van der Waals surface area contributed by atoms with Gasteiger partial charge in [0, 0.05) is 19.1 Å². The number of para-hydroxylation sites is 1. The molecule has 6 heteroatoms. The SMILES string of the molecule is NS(=O)(=O)c1ccccc1NCCNC1CCCCCC1. The molecule has 0 aromatic heterocycles. The van der Waals surface area contributed by atoms with Crippen molar-refractivity contribution in [2.75, 3.05) is 18.4 Å².